The number of rotatable bonds is 5. The first-order valence-electron chi connectivity index (χ1n) is 8.75. The van der Waals surface area contributed by atoms with Gasteiger partial charge in [-0.15, -0.1) is 0 Å². The third-order valence-corrected chi connectivity index (χ3v) is 6.36. The molecule has 0 aliphatic carbocycles. The van der Waals surface area contributed by atoms with Crippen molar-refractivity contribution in [2.24, 2.45) is 0 Å². The monoisotopic (exact) mass is 462 g/mol. The summed E-state index contributed by atoms with van der Waals surface area (Å²) in [5.74, 6) is -1.94. The number of sulfonamides is 1. The second-order valence-electron chi connectivity index (χ2n) is 6.24. The molecule has 160 valence electrons. The quantitative estimate of drug-likeness (QED) is 0.567. The number of carbonyl (C=O) groups excluding carboxylic acids is 2. The molecule has 0 atom stereocenters. The van der Waals surface area contributed by atoms with E-state index in [2.05, 4.69) is 15.8 Å². The topological polar surface area (TPSA) is 108 Å². The number of pyridine rings is 1. The van der Waals surface area contributed by atoms with Crippen LogP contribution in [0.3, 0.4) is 0 Å². The van der Waals surface area contributed by atoms with E-state index in [1.54, 1.807) is 6.07 Å². The molecule has 0 saturated carbocycles. The maximum absolute atomic E-state index is 13.1. The number of halogens is 2. The Morgan fingerprint density at radius 1 is 1.03 bits per heavy atom. The largest absolute Gasteiger partial charge is 0.271 e. The number of benzene rings is 2. The molecular formula is C20H16ClFN4O4S. The van der Waals surface area contributed by atoms with Gasteiger partial charge in [0.1, 0.15) is 5.82 Å². The Balaban J connectivity index is 1.81. The van der Waals surface area contributed by atoms with Crippen molar-refractivity contribution >= 4 is 39.1 Å². The van der Waals surface area contributed by atoms with Crippen molar-refractivity contribution in [3.05, 3.63) is 89.0 Å². The molecule has 2 N–H and O–H groups in total. The van der Waals surface area contributed by atoms with Crippen LogP contribution in [0.5, 0.6) is 0 Å². The van der Waals surface area contributed by atoms with Gasteiger partial charge in [-0.05, 0) is 54.6 Å². The summed E-state index contributed by atoms with van der Waals surface area (Å²) in [6.07, 6.45) is 2.80. The predicted octanol–water partition coefficient (Wildman–Crippen LogP) is 2.77. The van der Waals surface area contributed by atoms with Gasteiger partial charge in [-0.25, -0.2) is 12.8 Å². The van der Waals surface area contributed by atoms with E-state index in [0.29, 0.717) is 0 Å². The zero-order valence-electron chi connectivity index (χ0n) is 16.0. The van der Waals surface area contributed by atoms with Crippen LogP contribution in [0.25, 0.3) is 0 Å². The van der Waals surface area contributed by atoms with E-state index in [1.165, 1.54) is 49.8 Å². The number of hydrogen-bond acceptors (Lipinski definition) is 5. The fourth-order valence-corrected chi connectivity index (χ4v) is 3.96. The Morgan fingerprint density at radius 3 is 2.35 bits per heavy atom. The number of hydrogen-bond donors (Lipinski definition) is 2. The van der Waals surface area contributed by atoms with Gasteiger partial charge in [-0.3, -0.25) is 29.7 Å². The summed E-state index contributed by atoms with van der Waals surface area (Å²) in [7, 11) is -2.78. The van der Waals surface area contributed by atoms with Crippen LogP contribution >= 0.6 is 11.6 Å². The number of amides is 2. The standard InChI is InChI=1S/C20H16ClFN4O4S/c1-26(15-6-4-14(22)5-7-15)31(29,30)16-8-9-18(21)17(11-16)20(28)25-24-19(27)13-3-2-10-23-12-13/h2-12H,1H3,(H,24,27)(H,25,28). The van der Waals surface area contributed by atoms with Gasteiger partial charge in [0.15, 0.2) is 0 Å². The second kappa shape index (κ2) is 9.11. The van der Waals surface area contributed by atoms with E-state index >= 15 is 0 Å². The zero-order chi connectivity index (χ0) is 22.6. The summed E-state index contributed by atoms with van der Waals surface area (Å²) in [5, 5.41) is -0.0171. The summed E-state index contributed by atoms with van der Waals surface area (Å²) in [5.41, 5.74) is 4.66. The third kappa shape index (κ3) is 4.98. The van der Waals surface area contributed by atoms with Crippen molar-refractivity contribution in [1.82, 2.24) is 15.8 Å². The van der Waals surface area contributed by atoms with E-state index in [9.17, 15) is 22.4 Å². The van der Waals surface area contributed by atoms with Crippen LogP contribution in [0.15, 0.2) is 71.9 Å². The van der Waals surface area contributed by atoms with Gasteiger partial charge < -0.3 is 0 Å². The van der Waals surface area contributed by atoms with Crippen molar-refractivity contribution in [1.29, 1.82) is 0 Å². The van der Waals surface area contributed by atoms with Crippen LogP contribution in [0.2, 0.25) is 5.02 Å². The first-order chi connectivity index (χ1) is 14.7. The van der Waals surface area contributed by atoms with Gasteiger partial charge in [0, 0.05) is 19.4 Å². The SMILES string of the molecule is CN(c1ccc(F)cc1)S(=O)(=O)c1ccc(Cl)c(C(=O)NNC(=O)c2cccnc2)c1. The minimum Gasteiger partial charge on any atom is -0.269 e. The first-order valence-corrected chi connectivity index (χ1v) is 10.6. The smallest absolute Gasteiger partial charge is 0.269 e. The Labute approximate surface area is 182 Å². The van der Waals surface area contributed by atoms with E-state index in [0.717, 1.165) is 22.5 Å². The molecule has 0 aliphatic rings. The molecule has 11 heteroatoms. The Hall–Kier alpha value is -3.50. The molecule has 0 bridgehead atoms. The van der Waals surface area contributed by atoms with E-state index in [1.807, 2.05) is 0 Å². The van der Waals surface area contributed by atoms with Crippen molar-refractivity contribution in [2.45, 2.75) is 4.90 Å². The van der Waals surface area contributed by atoms with Crippen LogP contribution in [0.1, 0.15) is 20.7 Å². The molecule has 8 nitrogen and oxygen atoms in total. The Morgan fingerprint density at radius 2 is 1.71 bits per heavy atom. The lowest BCUT2D eigenvalue weighted by atomic mass is 10.2. The summed E-state index contributed by atoms with van der Waals surface area (Å²) >= 11 is 6.05. The summed E-state index contributed by atoms with van der Waals surface area (Å²) in [6.45, 7) is 0. The molecule has 1 aromatic heterocycles. The average molecular weight is 463 g/mol. The van der Waals surface area contributed by atoms with E-state index < -0.39 is 27.7 Å². The highest BCUT2D eigenvalue weighted by molar-refractivity contribution is 7.92. The number of hydrazine groups is 1. The molecule has 2 aromatic carbocycles. The molecule has 2 amide bonds. The number of aromatic nitrogens is 1. The van der Waals surface area contributed by atoms with Gasteiger partial charge in [0.2, 0.25) is 0 Å². The van der Waals surface area contributed by atoms with Crippen LogP contribution < -0.4 is 15.2 Å². The highest BCUT2D eigenvalue weighted by atomic mass is 35.5. The third-order valence-electron chi connectivity index (χ3n) is 4.24. The number of carbonyl (C=O) groups is 2. The van der Waals surface area contributed by atoms with Crippen LogP contribution in [-0.4, -0.2) is 32.3 Å². The van der Waals surface area contributed by atoms with Gasteiger partial charge in [0.05, 0.1) is 26.7 Å². The lowest BCUT2D eigenvalue weighted by molar-refractivity contribution is 0.0846. The normalized spacial score (nSPS) is 10.9. The zero-order valence-corrected chi connectivity index (χ0v) is 17.6. The molecule has 0 fully saturated rings. The van der Waals surface area contributed by atoms with E-state index in [-0.39, 0.29) is 26.7 Å². The maximum Gasteiger partial charge on any atom is 0.271 e. The number of nitrogens with zero attached hydrogens (tertiary/aromatic N) is 2. The molecule has 0 saturated heterocycles. The van der Waals surface area contributed by atoms with Crippen LogP contribution in [-0.2, 0) is 10.0 Å². The molecule has 0 spiro atoms. The maximum atomic E-state index is 13.1. The number of anilines is 1. The lowest BCUT2D eigenvalue weighted by Crippen LogP contribution is -2.41. The van der Waals surface area contributed by atoms with Crippen molar-refractivity contribution in [3.8, 4) is 0 Å². The van der Waals surface area contributed by atoms with Crippen molar-refractivity contribution < 1.29 is 22.4 Å². The fraction of sp³-hybridized carbons (Fsp3) is 0.0500. The molecule has 3 rings (SSSR count). The molecule has 3 aromatic rings. The summed E-state index contributed by atoms with van der Waals surface area (Å²) in [4.78, 5) is 28.1. The van der Waals surface area contributed by atoms with Crippen LogP contribution in [0.4, 0.5) is 10.1 Å². The fourth-order valence-electron chi connectivity index (χ4n) is 2.54. The van der Waals surface area contributed by atoms with Gasteiger partial charge in [0.25, 0.3) is 21.8 Å². The molecular weight excluding hydrogens is 447 g/mol. The molecule has 31 heavy (non-hydrogen) atoms. The average Bonchev–Trinajstić information content (AvgIpc) is 2.78. The van der Waals surface area contributed by atoms with Crippen molar-refractivity contribution in [3.63, 3.8) is 0 Å². The highest BCUT2D eigenvalue weighted by Crippen LogP contribution is 2.26. The summed E-state index contributed by atoms with van der Waals surface area (Å²) in [6, 6.07) is 11.5. The minimum atomic E-state index is -4.08. The van der Waals surface area contributed by atoms with Crippen LogP contribution in [0, 0.1) is 5.82 Å². The Kier molecular flexibility index (Phi) is 6.52. The lowest BCUT2D eigenvalue weighted by Gasteiger charge is -2.20. The first kappa shape index (κ1) is 22.2. The highest BCUT2D eigenvalue weighted by Gasteiger charge is 2.24. The van der Waals surface area contributed by atoms with Gasteiger partial charge >= 0.3 is 0 Å². The minimum absolute atomic E-state index is 0.0171. The molecule has 0 radical (unpaired) electrons. The predicted molar refractivity (Wildman–Crippen MR) is 113 cm³/mol. The van der Waals surface area contributed by atoms with Gasteiger partial charge in [-0.1, -0.05) is 11.6 Å². The summed E-state index contributed by atoms with van der Waals surface area (Å²) < 4.78 is 39.9. The van der Waals surface area contributed by atoms with Gasteiger partial charge in [-0.2, -0.15) is 0 Å². The molecule has 1 heterocycles. The molecule has 0 aliphatic heterocycles. The van der Waals surface area contributed by atoms with Crippen molar-refractivity contribution in [2.75, 3.05) is 11.4 Å². The molecule has 0 unspecified atom stereocenters. The second-order valence-corrected chi connectivity index (χ2v) is 8.62. The Bertz CT molecular complexity index is 1220. The van der Waals surface area contributed by atoms with E-state index in [4.69, 9.17) is 11.6 Å². The number of nitrogens with one attached hydrogen (secondary N) is 2.